The second kappa shape index (κ2) is 5.84. The molecule has 1 aromatic heterocycles. The number of nitrogens with one attached hydrogen (secondary N) is 1. The van der Waals surface area contributed by atoms with Crippen LogP contribution in [0.25, 0.3) is 11.3 Å². The lowest BCUT2D eigenvalue weighted by molar-refractivity contribution is 0.230. The van der Waals surface area contributed by atoms with E-state index < -0.39 is 0 Å². The predicted molar refractivity (Wildman–Crippen MR) is 77.2 cm³/mol. The van der Waals surface area contributed by atoms with Crippen molar-refractivity contribution in [3.8, 4) is 22.8 Å². The summed E-state index contributed by atoms with van der Waals surface area (Å²) in [5.74, 6) is 1.42. The fourth-order valence-electron chi connectivity index (χ4n) is 1.69. The van der Waals surface area contributed by atoms with E-state index >= 15 is 0 Å². The molecule has 0 atom stereocenters. The van der Waals surface area contributed by atoms with Crippen LogP contribution in [-0.4, -0.2) is 23.4 Å². The molecule has 2 aromatic rings. The van der Waals surface area contributed by atoms with Crippen LogP contribution >= 0.6 is 12.2 Å². The van der Waals surface area contributed by atoms with Crippen molar-refractivity contribution in [3.63, 3.8) is 0 Å². The Morgan fingerprint density at radius 2 is 1.95 bits per heavy atom. The smallest absolute Gasteiger partial charge is 0.162 e. The number of nitrogens with zero attached hydrogens (tertiary/aromatic N) is 1. The Balaban J connectivity index is 2.42. The summed E-state index contributed by atoms with van der Waals surface area (Å²) in [4.78, 5) is 0. The molecule has 0 unspecified atom stereocenters. The lowest BCUT2D eigenvalue weighted by Gasteiger charge is -2.14. The van der Waals surface area contributed by atoms with Gasteiger partial charge in [-0.3, -0.25) is 5.10 Å². The molecule has 0 radical (unpaired) electrons. The third-order valence-electron chi connectivity index (χ3n) is 2.50. The van der Waals surface area contributed by atoms with E-state index in [1.807, 2.05) is 44.2 Å². The zero-order valence-electron chi connectivity index (χ0n) is 11.1. The Morgan fingerprint density at radius 1 is 1.16 bits per heavy atom. The maximum atomic E-state index is 5.74. The van der Waals surface area contributed by atoms with E-state index in [-0.39, 0.29) is 6.10 Å². The number of ether oxygens (including phenoxy) is 2. The number of aromatic amines is 1. The molecular formula is C14H16N2O2S. The van der Waals surface area contributed by atoms with Crippen LogP contribution in [0.4, 0.5) is 0 Å². The van der Waals surface area contributed by atoms with Gasteiger partial charge in [0.25, 0.3) is 0 Å². The highest BCUT2D eigenvalue weighted by molar-refractivity contribution is 7.71. The first-order chi connectivity index (χ1) is 9.10. The molecule has 2 rings (SSSR count). The minimum Gasteiger partial charge on any atom is -0.493 e. The zero-order valence-corrected chi connectivity index (χ0v) is 12.0. The maximum Gasteiger partial charge on any atom is 0.162 e. The Morgan fingerprint density at radius 3 is 2.53 bits per heavy atom. The molecule has 1 aromatic carbocycles. The number of hydrogen-bond acceptors (Lipinski definition) is 4. The predicted octanol–water partition coefficient (Wildman–Crippen LogP) is 3.60. The number of rotatable bonds is 4. The summed E-state index contributed by atoms with van der Waals surface area (Å²) in [5.41, 5.74) is 1.76. The highest BCUT2D eigenvalue weighted by Gasteiger charge is 2.09. The first-order valence-corrected chi connectivity index (χ1v) is 6.42. The van der Waals surface area contributed by atoms with Gasteiger partial charge in [0.15, 0.2) is 11.5 Å². The summed E-state index contributed by atoms with van der Waals surface area (Å²) in [6.45, 7) is 3.95. The van der Waals surface area contributed by atoms with Gasteiger partial charge in [-0.05, 0) is 44.2 Å². The van der Waals surface area contributed by atoms with Gasteiger partial charge in [-0.25, -0.2) is 0 Å². The van der Waals surface area contributed by atoms with Gasteiger partial charge in [0.05, 0.1) is 18.9 Å². The summed E-state index contributed by atoms with van der Waals surface area (Å²) >= 11 is 4.98. The van der Waals surface area contributed by atoms with Crippen LogP contribution < -0.4 is 9.47 Å². The molecule has 1 heterocycles. The maximum absolute atomic E-state index is 5.74. The van der Waals surface area contributed by atoms with E-state index in [9.17, 15) is 0 Å². The van der Waals surface area contributed by atoms with Crippen LogP contribution in [0, 0.1) is 4.64 Å². The number of benzene rings is 1. The average Bonchev–Trinajstić information content (AvgIpc) is 2.39. The van der Waals surface area contributed by atoms with Gasteiger partial charge in [0.2, 0.25) is 0 Å². The molecule has 0 aliphatic rings. The van der Waals surface area contributed by atoms with Crippen LogP contribution in [0.5, 0.6) is 11.5 Å². The highest BCUT2D eigenvalue weighted by atomic mass is 32.1. The number of hydrogen-bond donors (Lipinski definition) is 1. The van der Waals surface area contributed by atoms with Crippen LogP contribution in [0.3, 0.4) is 0 Å². The van der Waals surface area contributed by atoms with Gasteiger partial charge in [0, 0.05) is 5.56 Å². The van der Waals surface area contributed by atoms with Crippen molar-refractivity contribution in [1.29, 1.82) is 0 Å². The second-order valence-corrected chi connectivity index (χ2v) is 4.78. The number of methoxy groups -OCH3 is 1. The molecule has 0 spiro atoms. The van der Waals surface area contributed by atoms with Crippen LogP contribution in [0.1, 0.15) is 13.8 Å². The minimum absolute atomic E-state index is 0.0821. The van der Waals surface area contributed by atoms with Crippen LogP contribution in [0.2, 0.25) is 0 Å². The van der Waals surface area contributed by atoms with Crippen molar-refractivity contribution < 1.29 is 9.47 Å². The molecule has 19 heavy (non-hydrogen) atoms. The fraction of sp³-hybridized carbons (Fsp3) is 0.286. The third kappa shape index (κ3) is 3.32. The third-order valence-corrected chi connectivity index (χ3v) is 2.73. The highest BCUT2D eigenvalue weighted by Crippen LogP contribution is 2.32. The summed E-state index contributed by atoms with van der Waals surface area (Å²) in [6, 6.07) is 9.41. The molecule has 4 nitrogen and oxygen atoms in total. The average molecular weight is 276 g/mol. The van der Waals surface area contributed by atoms with Gasteiger partial charge in [-0.1, -0.05) is 12.2 Å². The quantitative estimate of drug-likeness (QED) is 0.867. The first kappa shape index (κ1) is 13.5. The van der Waals surface area contributed by atoms with E-state index in [2.05, 4.69) is 10.2 Å². The van der Waals surface area contributed by atoms with E-state index in [1.165, 1.54) is 0 Å². The van der Waals surface area contributed by atoms with Gasteiger partial charge >= 0.3 is 0 Å². The fourth-order valence-corrected chi connectivity index (χ4v) is 1.80. The SMILES string of the molecule is COc1ccc(-c2ccc(=S)[nH]n2)cc1OC(C)C. The molecule has 0 fully saturated rings. The summed E-state index contributed by atoms with van der Waals surface area (Å²) in [7, 11) is 1.63. The lowest BCUT2D eigenvalue weighted by atomic mass is 10.1. The van der Waals surface area contributed by atoms with Crippen LogP contribution in [0.15, 0.2) is 30.3 Å². The van der Waals surface area contributed by atoms with E-state index in [1.54, 1.807) is 7.11 Å². The van der Waals surface area contributed by atoms with Crippen molar-refractivity contribution in [2.75, 3.05) is 7.11 Å². The lowest BCUT2D eigenvalue weighted by Crippen LogP contribution is -2.06. The summed E-state index contributed by atoms with van der Waals surface area (Å²) in [6.07, 6.45) is 0.0821. The van der Waals surface area contributed by atoms with E-state index in [4.69, 9.17) is 21.7 Å². The molecule has 0 bridgehead atoms. The van der Waals surface area contributed by atoms with Crippen LogP contribution in [-0.2, 0) is 0 Å². The number of aromatic nitrogens is 2. The van der Waals surface area contributed by atoms with Crippen molar-refractivity contribution in [3.05, 3.63) is 35.0 Å². The van der Waals surface area contributed by atoms with Crippen molar-refractivity contribution >= 4 is 12.2 Å². The second-order valence-electron chi connectivity index (χ2n) is 4.34. The largest absolute Gasteiger partial charge is 0.493 e. The molecule has 1 N–H and O–H groups in total. The van der Waals surface area contributed by atoms with Gasteiger partial charge in [-0.15, -0.1) is 0 Å². The molecule has 0 saturated heterocycles. The van der Waals surface area contributed by atoms with Crippen molar-refractivity contribution in [2.24, 2.45) is 0 Å². The molecule has 0 saturated carbocycles. The monoisotopic (exact) mass is 276 g/mol. The van der Waals surface area contributed by atoms with Gasteiger partial charge in [-0.2, -0.15) is 5.10 Å². The summed E-state index contributed by atoms with van der Waals surface area (Å²) < 4.78 is 11.6. The topological polar surface area (TPSA) is 47.1 Å². The molecule has 0 aliphatic heterocycles. The molecule has 0 amide bonds. The van der Waals surface area contributed by atoms with E-state index in [0.717, 1.165) is 11.3 Å². The van der Waals surface area contributed by atoms with Gasteiger partial charge in [0.1, 0.15) is 4.64 Å². The standard InChI is InChI=1S/C14H16N2O2S/c1-9(2)18-13-8-10(4-6-12(13)17-3)11-5-7-14(19)16-15-11/h4-9H,1-3H3,(H,16,19). The molecular weight excluding hydrogens is 260 g/mol. The van der Waals surface area contributed by atoms with Crippen molar-refractivity contribution in [1.82, 2.24) is 10.2 Å². The first-order valence-electron chi connectivity index (χ1n) is 6.01. The Kier molecular flexibility index (Phi) is 4.16. The zero-order chi connectivity index (χ0) is 13.8. The molecule has 100 valence electrons. The molecule has 5 heteroatoms. The van der Waals surface area contributed by atoms with E-state index in [0.29, 0.717) is 16.1 Å². The Bertz CT molecular complexity index is 603. The van der Waals surface area contributed by atoms with Gasteiger partial charge < -0.3 is 9.47 Å². The summed E-state index contributed by atoms with van der Waals surface area (Å²) in [5, 5.41) is 6.98. The Hall–Kier alpha value is -1.88. The Labute approximate surface area is 117 Å². The minimum atomic E-state index is 0.0821. The normalized spacial score (nSPS) is 10.5. The number of H-pyrrole nitrogens is 1. The molecule has 0 aliphatic carbocycles. The van der Waals surface area contributed by atoms with Crippen molar-refractivity contribution in [2.45, 2.75) is 20.0 Å².